The van der Waals surface area contributed by atoms with Crippen LogP contribution in [0.5, 0.6) is 0 Å². The van der Waals surface area contributed by atoms with Crippen LogP contribution in [0.4, 0.5) is 11.4 Å². The number of hydrogen-bond acceptors (Lipinski definition) is 5. The summed E-state index contributed by atoms with van der Waals surface area (Å²) < 4.78 is 25.8. The molecule has 0 unspecified atom stereocenters. The highest BCUT2D eigenvalue weighted by atomic mass is 32.2. The van der Waals surface area contributed by atoms with Crippen LogP contribution in [0.25, 0.3) is 0 Å². The maximum atomic E-state index is 11.8. The third-order valence-corrected chi connectivity index (χ3v) is 3.46. The van der Waals surface area contributed by atoms with Crippen LogP contribution in [-0.4, -0.2) is 23.5 Å². The molecule has 0 spiro atoms. The van der Waals surface area contributed by atoms with Crippen molar-refractivity contribution in [3.8, 4) is 0 Å². The average molecular weight is 268 g/mol. The molecule has 2 rings (SSSR count). The van der Waals surface area contributed by atoms with Gasteiger partial charge in [-0.3, -0.25) is 19.9 Å². The van der Waals surface area contributed by atoms with Crippen LogP contribution < -0.4 is 4.72 Å². The minimum absolute atomic E-state index is 0.0938. The molecule has 9 heteroatoms. The van der Waals surface area contributed by atoms with Crippen LogP contribution >= 0.6 is 0 Å². The second-order valence-corrected chi connectivity index (χ2v) is 5.00. The molecule has 1 aromatic carbocycles. The van der Waals surface area contributed by atoms with E-state index >= 15 is 0 Å². The van der Waals surface area contributed by atoms with E-state index in [9.17, 15) is 18.5 Å². The van der Waals surface area contributed by atoms with Crippen LogP contribution in [0.3, 0.4) is 0 Å². The Morgan fingerprint density at radius 3 is 2.67 bits per heavy atom. The molecule has 0 bridgehead atoms. The van der Waals surface area contributed by atoms with E-state index in [0.29, 0.717) is 0 Å². The number of anilines is 1. The Morgan fingerprint density at radius 2 is 2.06 bits per heavy atom. The number of nitrogens with zero attached hydrogens (tertiary/aromatic N) is 2. The zero-order chi connectivity index (χ0) is 13.2. The van der Waals surface area contributed by atoms with Gasteiger partial charge < -0.3 is 0 Å². The van der Waals surface area contributed by atoms with Gasteiger partial charge in [0.2, 0.25) is 0 Å². The van der Waals surface area contributed by atoms with Crippen molar-refractivity contribution < 1.29 is 13.3 Å². The average Bonchev–Trinajstić information content (AvgIpc) is 2.83. The molecule has 0 radical (unpaired) electrons. The Labute approximate surface area is 102 Å². The number of aromatic nitrogens is 2. The van der Waals surface area contributed by atoms with Gasteiger partial charge >= 0.3 is 0 Å². The number of rotatable bonds is 4. The van der Waals surface area contributed by atoms with Crippen molar-refractivity contribution in [1.82, 2.24) is 10.2 Å². The Bertz CT molecular complexity index is 666. The number of H-pyrrole nitrogens is 1. The normalized spacial score (nSPS) is 11.1. The van der Waals surface area contributed by atoms with Crippen molar-refractivity contribution in [2.24, 2.45) is 0 Å². The fourth-order valence-corrected chi connectivity index (χ4v) is 2.29. The first-order chi connectivity index (χ1) is 8.50. The zero-order valence-electron chi connectivity index (χ0n) is 8.90. The monoisotopic (exact) mass is 268 g/mol. The SMILES string of the molecule is O=[N+]([O-])c1ccccc1NS(=O)(=O)c1cn[nH]c1. The van der Waals surface area contributed by atoms with Crippen molar-refractivity contribution in [3.05, 3.63) is 46.8 Å². The number of sulfonamides is 1. The van der Waals surface area contributed by atoms with E-state index in [0.717, 1.165) is 6.20 Å². The van der Waals surface area contributed by atoms with Gasteiger partial charge in [-0.25, -0.2) is 8.42 Å². The van der Waals surface area contributed by atoms with E-state index in [1.165, 1.54) is 30.5 Å². The van der Waals surface area contributed by atoms with Crippen LogP contribution in [0.1, 0.15) is 0 Å². The van der Waals surface area contributed by atoms with E-state index in [1.807, 2.05) is 0 Å². The smallest absolute Gasteiger partial charge is 0.284 e. The molecule has 2 N–H and O–H groups in total. The van der Waals surface area contributed by atoms with Crippen molar-refractivity contribution in [2.75, 3.05) is 4.72 Å². The highest BCUT2D eigenvalue weighted by Gasteiger charge is 2.20. The first-order valence-corrected chi connectivity index (χ1v) is 6.24. The van der Waals surface area contributed by atoms with Crippen LogP contribution in [0, 0.1) is 10.1 Å². The molecule has 0 aliphatic rings. The molecule has 0 aliphatic carbocycles. The standard InChI is InChI=1S/C9H8N4O4S/c14-13(15)9-4-2-1-3-8(9)12-18(16,17)7-5-10-11-6-7/h1-6,12H,(H,10,11). The Morgan fingerprint density at radius 1 is 1.33 bits per heavy atom. The fourth-order valence-electron chi connectivity index (χ4n) is 1.31. The maximum Gasteiger partial charge on any atom is 0.293 e. The molecule has 18 heavy (non-hydrogen) atoms. The fraction of sp³-hybridized carbons (Fsp3) is 0. The van der Waals surface area contributed by atoms with Gasteiger partial charge in [0.15, 0.2) is 0 Å². The Kier molecular flexibility index (Phi) is 2.98. The summed E-state index contributed by atoms with van der Waals surface area (Å²) in [6, 6.07) is 5.48. The molecule has 0 saturated carbocycles. The van der Waals surface area contributed by atoms with Gasteiger partial charge in [0, 0.05) is 12.3 Å². The largest absolute Gasteiger partial charge is 0.293 e. The number of benzene rings is 1. The van der Waals surface area contributed by atoms with E-state index in [2.05, 4.69) is 14.9 Å². The predicted octanol–water partition coefficient (Wildman–Crippen LogP) is 1.12. The van der Waals surface area contributed by atoms with E-state index < -0.39 is 14.9 Å². The van der Waals surface area contributed by atoms with Gasteiger partial charge in [-0.2, -0.15) is 5.10 Å². The lowest BCUT2D eigenvalue weighted by molar-refractivity contribution is -0.383. The van der Waals surface area contributed by atoms with Crippen molar-refractivity contribution >= 4 is 21.4 Å². The molecule has 8 nitrogen and oxygen atoms in total. The third kappa shape index (κ3) is 2.30. The summed E-state index contributed by atoms with van der Waals surface area (Å²) in [4.78, 5) is 9.99. The molecular formula is C9H8N4O4S. The molecule has 0 saturated heterocycles. The second-order valence-electron chi connectivity index (χ2n) is 3.31. The Hall–Kier alpha value is -2.42. The van der Waals surface area contributed by atoms with Gasteiger partial charge in [0.1, 0.15) is 10.6 Å². The van der Waals surface area contributed by atoms with E-state index in [-0.39, 0.29) is 16.3 Å². The van der Waals surface area contributed by atoms with Gasteiger partial charge in [0.05, 0.1) is 11.1 Å². The number of nitro benzene ring substituents is 1. The second kappa shape index (κ2) is 4.45. The molecule has 2 aromatic rings. The summed E-state index contributed by atoms with van der Waals surface area (Å²) >= 11 is 0. The number of hydrogen-bond donors (Lipinski definition) is 2. The first kappa shape index (κ1) is 12.0. The zero-order valence-corrected chi connectivity index (χ0v) is 9.72. The molecule has 1 heterocycles. The molecule has 0 aliphatic heterocycles. The summed E-state index contributed by atoms with van der Waals surface area (Å²) in [5.74, 6) is 0. The summed E-state index contributed by atoms with van der Waals surface area (Å²) in [6.07, 6.45) is 2.29. The minimum Gasteiger partial charge on any atom is -0.284 e. The molecule has 94 valence electrons. The number of aromatic amines is 1. The third-order valence-electron chi connectivity index (χ3n) is 2.13. The quantitative estimate of drug-likeness (QED) is 0.636. The maximum absolute atomic E-state index is 11.8. The first-order valence-electron chi connectivity index (χ1n) is 4.76. The summed E-state index contributed by atoms with van der Waals surface area (Å²) in [5.41, 5.74) is -0.409. The van der Waals surface area contributed by atoms with Crippen molar-refractivity contribution in [1.29, 1.82) is 0 Å². The number of nitrogens with one attached hydrogen (secondary N) is 2. The summed E-state index contributed by atoms with van der Waals surface area (Å²) in [6.45, 7) is 0. The lowest BCUT2D eigenvalue weighted by Crippen LogP contribution is -2.13. The van der Waals surface area contributed by atoms with E-state index in [1.54, 1.807) is 0 Å². The van der Waals surface area contributed by atoms with Crippen molar-refractivity contribution in [2.45, 2.75) is 4.90 Å². The number of nitro groups is 1. The Balaban J connectivity index is 2.39. The number of para-hydroxylation sites is 2. The van der Waals surface area contributed by atoms with Gasteiger partial charge in [-0.05, 0) is 6.07 Å². The molecular weight excluding hydrogens is 260 g/mol. The van der Waals surface area contributed by atoms with Crippen LogP contribution in [-0.2, 0) is 10.0 Å². The topological polar surface area (TPSA) is 118 Å². The van der Waals surface area contributed by atoms with Gasteiger partial charge in [-0.15, -0.1) is 0 Å². The summed E-state index contributed by atoms with van der Waals surface area (Å²) in [5, 5.41) is 16.6. The molecule has 0 fully saturated rings. The molecule has 0 amide bonds. The van der Waals surface area contributed by atoms with Crippen LogP contribution in [0.2, 0.25) is 0 Å². The van der Waals surface area contributed by atoms with Crippen molar-refractivity contribution in [3.63, 3.8) is 0 Å². The predicted molar refractivity (Wildman–Crippen MR) is 62.5 cm³/mol. The highest BCUT2D eigenvalue weighted by molar-refractivity contribution is 7.92. The van der Waals surface area contributed by atoms with Gasteiger partial charge in [-0.1, -0.05) is 12.1 Å². The van der Waals surface area contributed by atoms with Crippen LogP contribution in [0.15, 0.2) is 41.6 Å². The molecule has 0 atom stereocenters. The highest BCUT2D eigenvalue weighted by Crippen LogP contribution is 2.25. The lowest BCUT2D eigenvalue weighted by Gasteiger charge is -2.06. The molecule has 1 aromatic heterocycles. The van der Waals surface area contributed by atoms with E-state index in [4.69, 9.17) is 0 Å². The summed E-state index contributed by atoms with van der Waals surface area (Å²) in [7, 11) is -3.87. The minimum atomic E-state index is -3.87. The van der Waals surface area contributed by atoms with Gasteiger partial charge in [0.25, 0.3) is 15.7 Å². The lowest BCUT2D eigenvalue weighted by atomic mass is 10.3.